The fourth-order valence-electron chi connectivity index (χ4n) is 1.01. The molecule has 0 aromatic rings. The van der Waals surface area contributed by atoms with Gasteiger partial charge in [-0.25, -0.2) is 0 Å². The predicted octanol–water partition coefficient (Wildman–Crippen LogP) is 3.49. The van der Waals surface area contributed by atoms with Crippen molar-refractivity contribution in [1.29, 1.82) is 0 Å². The second-order valence-electron chi connectivity index (χ2n) is 4.34. The Labute approximate surface area is 93.0 Å². The van der Waals surface area contributed by atoms with E-state index in [1.54, 1.807) is 6.92 Å². The maximum absolute atomic E-state index is 11.0. The Hall–Kier alpha value is -1.05. The number of rotatable bonds is 6. The van der Waals surface area contributed by atoms with Crippen molar-refractivity contribution in [3.8, 4) is 0 Å². The van der Waals surface area contributed by atoms with E-state index in [1.165, 1.54) is 0 Å². The molecule has 0 spiro atoms. The van der Waals surface area contributed by atoms with Crippen LogP contribution in [0.4, 0.5) is 0 Å². The van der Waals surface area contributed by atoms with Gasteiger partial charge in [0.2, 0.25) is 0 Å². The third kappa shape index (κ3) is 7.98. The smallest absolute Gasteiger partial charge is 0.305 e. The molecule has 0 unspecified atom stereocenters. The fourth-order valence-corrected chi connectivity index (χ4v) is 1.01. The van der Waals surface area contributed by atoms with Crippen molar-refractivity contribution in [3.63, 3.8) is 0 Å². The lowest BCUT2D eigenvalue weighted by atomic mass is 9.90. The molecule has 0 N–H and O–H groups in total. The first kappa shape index (κ1) is 13.9. The van der Waals surface area contributed by atoms with E-state index >= 15 is 0 Å². The van der Waals surface area contributed by atoms with E-state index in [-0.39, 0.29) is 11.4 Å². The third-order valence-corrected chi connectivity index (χ3v) is 2.02. The van der Waals surface area contributed by atoms with Crippen LogP contribution in [-0.2, 0) is 9.53 Å². The van der Waals surface area contributed by atoms with Crippen LogP contribution in [0.2, 0.25) is 0 Å². The Kier molecular flexibility index (Phi) is 6.76. The van der Waals surface area contributed by atoms with Crippen LogP contribution in [0.1, 0.15) is 40.5 Å². The monoisotopic (exact) mass is 210 g/mol. The standard InChI is InChI=1S/C13H22O2/c1-5-7-8-9-10-13(3,4)11-15-12(14)6-2/h5,7-9H,6,10-11H2,1-4H3/b7-5+,9-8+. The molecular weight excluding hydrogens is 188 g/mol. The van der Waals surface area contributed by atoms with Gasteiger partial charge in [0.25, 0.3) is 0 Å². The molecule has 0 aromatic carbocycles. The van der Waals surface area contributed by atoms with Crippen molar-refractivity contribution in [2.75, 3.05) is 6.61 Å². The fraction of sp³-hybridized carbons (Fsp3) is 0.615. The summed E-state index contributed by atoms with van der Waals surface area (Å²) in [5, 5.41) is 0. The maximum Gasteiger partial charge on any atom is 0.305 e. The number of carbonyl (C=O) groups is 1. The summed E-state index contributed by atoms with van der Waals surface area (Å²) in [6, 6.07) is 0. The molecule has 2 nitrogen and oxygen atoms in total. The molecule has 0 rings (SSSR count). The van der Waals surface area contributed by atoms with E-state index in [1.807, 2.05) is 25.2 Å². The second-order valence-corrected chi connectivity index (χ2v) is 4.34. The largest absolute Gasteiger partial charge is 0.465 e. The van der Waals surface area contributed by atoms with Crippen LogP contribution in [0.25, 0.3) is 0 Å². The Morgan fingerprint density at radius 3 is 2.53 bits per heavy atom. The minimum atomic E-state index is -0.125. The summed E-state index contributed by atoms with van der Waals surface area (Å²) in [5.41, 5.74) is 0.0168. The van der Waals surface area contributed by atoms with Crippen LogP contribution >= 0.6 is 0 Å². The Balaban J connectivity index is 3.90. The van der Waals surface area contributed by atoms with E-state index in [9.17, 15) is 4.79 Å². The van der Waals surface area contributed by atoms with E-state index in [4.69, 9.17) is 4.74 Å². The average Bonchev–Trinajstić information content (AvgIpc) is 2.21. The van der Waals surface area contributed by atoms with Gasteiger partial charge in [0.05, 0.1) is 6.61 Å². The number of ether oxygens (including phenoxy) is 1. The van der Waals surface area contributed by atoms with Gasteiger partial charge in [0.1, 0.15) is 0 Å². The summed E-state index contributed by atoms with van der Waals surface area (Å²) < 4.78 is 5.12. The summed E-state index contributed by atoms with van der Waals surface area (Å²) in [7, 11) is 0. The second kappa shape index (κ2) is 7.27. The molecule has 2 heteroatoms. The molecule has 0 aliphatic carbocycles. The van der Waals surface area contributed by atoms with Crippen LogP contribution in [0.3, 0.4) is 0 Å². The van der Waals surface area contributed by atoms with Crippen molar-refractivity contribution in [2.24, 2.45) is 5.41 Å². The molecule has 0 amide bonds. The van der Waals surface area contributed by atoms with E-state index < -0.39 is 0 Å². The normalized spacial score (nSPS) is 12.5. The summed E-state index contributed by atoms with van der Waals surface area (Å²) in [4.78, 5) is 11.0. The van der Waals surface area contributed by atoms with E-state index in [2.05, 4.69) is 19.9 Å². The van der Waals surface area contributed by atoms with Gasteiger partial charge < -0.3 is 4.74 Å². The van der Waals surface area contributed by atoms with Crippen molar-refractivity contribution in [3.05, 3.63) is 24.3 Å². The van der Waals surface area contributed by atoms with E-state index in [0.717, 1.165) is 6.42 Å². The molecule has 15 heavy (non-hydrogen) atoms. The number of hydrogen-bond donors (Lipinski definition) is 0. The molecule has 0 aliphatic heterocycles. The van der Waals surface area contributed by atoms with Crippen molar-refractivity contribution in [2.45, 2.75) is 40.5 Å². The zero-order chi connectivity index (χ0) is 11.7. The highest BCUT2D eigenvalue weighted by Gasteiger charge is 2.17. The first-order chi connectivity index (χ1) is 7.02. The average molecular weight is 210 g/mol. The third-order valence-electron chi connectivity index (χ3n) is 2.02. The molecule has 0 aliphatic rings. The van der Waals surface area contributed by atoms with Gasteiger partial charge in [-0.1, -0.05) is 45.1 Å². The number of carbonyl (C=O) groups excluding carboxylic acids is 1. The highest BCUT2D eigenvalue weighted by Crippen LogP contribution is 2.21. The molecular formula is C13H22O2. The van der Waals surface area contributed by atoms with Gasteiger partial charge in [-0.05, 0) is 13.3 Å². The van der Waals surface area contributed by atoms with Crippen molar-refractivity contribution in [1.82, 2.24) is 0 Å². The topological polar surface area (TPSA) is 26.3 Å². The van der Waals surface area contributed by atoms with Crippen LogP contribution in [0.5, 0.6) is 0 Å². The molecule has 0 saturated heterocycles. The number of esters is 1. The molecule has 0 radical (unpaired) electrons. The van der Waals surface area contributed by atoms with Gasteiger partial charge in [-0.3, -0.25) is 4.79 Å². The maximum atomic E-state index is 11.0. The minimum absolute atomic E-state index is 0.0168. The molecule has 0 saturated carbocycles. The highest BCUT2D eigenvalue weighted by atomic mass is 16.5. The van der Waals surface area contributed by atoms with Gasteiger partial charge >= 0.3 is 5.97 Å². The van der Waals surface area contributed by atoms with E-state index in [0.29, 0.717) is 13.0 Å². The summed E-state index contributed by atoms with van der Waals surface area (Å²) >= 11 is 0. The quantitative estimate of drug-likeness (QED) is 0.495. The summed E-state index contributed by atoms with van der Waals surface area (Å²) in [5.74, 6) is -0.125. The molecule has 0 bridgehead atoms. The zero-order valence-electron chi connectivity index (χ0n) is 10.2. The molecule has 0 atom stereocenters. The van der Waals surface area contributed by atoms with Crippen molar-refractivity contribution >= 4 is 5.97 Å². The first-order valence-electron chi connectivity index (χ1n) is 5.45. The zero-order valence-corrected chi connectivity index (χ0v) is 10.2. The Bertz CT molecular complexity index is 237. The predicted molar refractivity (Wildman–Crippen MR) is 63.6 cm³/mol. The van der Waals surface area contributed by atoms with Crippen LogP contribution < -0.4 is 0 Å². The minimum Gasteiger partial charge on any atom is -0.465 e. The molecule has 0 fully saturated rings. The SMILES string of the molecule is C/C=C/C=C/CC(C)(C)COC(=O)CC. The molecule has 0 heterocycles. The van der Waals surface area contributed by atoms with Crippen molar-refractivity contribution < 1.29 is 9.53 Å². The van der Waals surface area contributed by atoms with Gasteiger partial charge in [-0.15, -0.1) is 0 Å². The Morgan fingerprint density at radius 2 is 2.00 bits per heavy atom. The van der Waals surface area contributed by atoms with Gasteiger partial charge in [-0.2, -0.15) is 0 Å². The molecule has 0 aromatic heterocycles. The lowest BCUT2D eigenvalue weighted by Gasteiger charge is -2.22. The summed E-state index contributed by atoms with van der Waals surface area (Å²) in [6.07, 6.45) is 9.46. The number of allylic oxidation sites excluding steroid dienone is 4. The summed E-state index contributed by atoms with van der Waals surface area (Å²) in [6.45, 7) is 8.46. The lowest BCUT2D eigenvalue weighted by Crippen LogP contribution is -2.20. The van der Waals surface area contributed by atoms with Gasteiger partial charge in [0, 0.05) is 11.8 Å². The first-order valence-corrected chi connectivity index (χ1v) is 5.45. The highest BCUT2D eigenvalue weighted by molar-refractivity contribution is 5.68. The van der Waals surface area contributed by atoms with Crippen LogP contribution in [-0.4, -0.2) is 12.6 Å². The van der Waals surface area contributed by atoms with Gasteiger partial charge in [0.15, 0.2) is 0 Å². The Morgan fingerprint density at radius 1 is 1.33 bits per heavy atom. The number of hydrogen-bond acceptors (Lipinski definition) is 2. The van der Waals surface area contributed by atoms with Crippen LogP contribution in [0.15, 0.2) is 24.3 Å². The van der Waals surface area contributed by atoms with Crippen LogP contribution in [0, 0.1) is 5.41 Å². The lowest BCUT2D eigenvalue weighted by molar-refractivity contribution is -0.146. The molecule has 86 valence electrons.